The lowest BCUT2D eigenvalue weighted by Gasteiger charge is -1.97. The summed E-state index contributed by atoms with van der Waals surface area (Å²) in [4.78, 5) is 15.3. The summed E-state index contributed by atoms with van der Waals surface area (Å²) < 4.78 is 5.39. The highest BCUT2D eigenvalue weighted by atomic mass is 16.4. The Kier molecular flexibility index (Phi) is 2.27. The minimum Gasteiger partial charge on any atom is -0.421 e. The van der Waals surface area contributed by atoms with Gasteiger partial charge in [-0.2, -0.15) is 0 Å². The zero-order valence-electron chi connectivity index (χ0n) is 10.6. The molecule has 2 heterocycles. The first kappa shape index (κ1) is 11.1. The molecule has 0 unspecified atom stereocenters. The van der Waals surface area contributed by atoms with Gasteiger partial charge in [0.05, 0.1) is 10.9 Å². The van der Waals surface area contributed by atoms with Crippen molar-refractivity contribution in [1.29, 1.82) is 0 Å². The molecule has 4 rings (SSSR count). The standard InChI is InChI=1S/C17H11NO2/c19-17-13-9-5-4-8-12(13)16-15(20-17)10-14(18-16)11-6-2-1-3-7-11/h1-10,18H. The van der Waals surface area contributed by atoms with Crippen LogP contribution >= 0.6 is 0 Å². The molecule has 3 nitrogen and oxygen atoms in total. The van der Waals surface area contributed by atoms with Crippen LogP contribution in [0.2, 0.25) is 0 Å². The number of fused-ring (bicyclic) bond motifs is 3. The predicted molar refractivity (Wildman–Crippen MR) is 79.8 cm³/mol. The first-order valence-electron chi connectivity index (χ1n) is 6.43. The van der Waals surface area contributed by atoms with E-state index in [1.165, 1.54) is 0 Å². The molecule has 0 atom stereocenters. The lowest BCUT2D eigenvalue weighted by atomic mass is 10.1. The Morgan fingerprint density at radius 2 is 1.55 bits per heavy atom. The molecule has 20 heavy (non-hydrogen) atoms. The zero-order valence-corrected chi connectivity index (χ0v) is 10.6. The van der Waals surface area contributed by atoms with Gasteiger partial charge in [0.15, 0.2) is 5.58 Å². The van der Waals surface area contributed by atoms with Gasteiger partial charge in [-0.3, -0.25) is 0 Å². The second-order valence-corrected chi connectivity index (χ2v) is 4.72. The van der Waals surface area contributed by atoms with Crippen LogP contribution in [0, 0.1) is 0 Å². The molecule has 2 aromatic heterocycles. The predicted octanol–water partition coefficient (Wildman–Crippen LogP) is 3.94. The summed E-state index contributed by atoms with van der Waals surface area (Å²) in [5, 5.41) is 1.49. The summed E-state index contributed by atoms with van der Waals surface area (Å²) in [6.45, 7) is 0. The van der Waals surface area contributed by atoms with Crippen molar-refractivity contribution in [2.75, 3.05) is 0 Å². The van der Waals surface area contributed by atoms with Crippen LogP contribution in [-0.2, 0) is 0 Å². The van der Waals surface area contributed by atoms with Crippen molar-refractivity contribution < 1.29 is 4.42 Å². The minimum absolute atomic E-state index is 0.299. The highest BCUT2D eigenvalue weighted by Crippen LogP contribution is 2.27. The number of H-pyrrole nitrogens is 1. The highest BCUT2D eigenvalue weighted by molar-refractivity contribution is 6.03. The Bertz CT molecular complexity index is 965. The third kappa shape index (κ3) is 1.57. The molecule has 96 valence electrons. The molecule has 4 aromatic rings. The topological polar surface area (TPSA) is 46.0 Å². The van der Waals surface area contributed by atoms with Gasteiger partial charge < -0.3 is 9.40 Å². The molecular formula is C17H11NO2. The van der Waals surface area contributed by atoms with E-state index in [1.54, 1.807) is 6.07 Å². The Morgan fingerprint density at radius 3 is 2.35 bits per heavy atom. The number of hydrogen-bond donors (Lipinski definition) is 1. The second kappa shape index (κ2) is 4.10. The quantitative estimate of drug-likeness (QED) is 0.564. The van der Waals surface area contributed by atoms with Gasteiger partial charge in [-0.1, -0.05) is 48.5 Å². The molecule has 0 saturated heterocycles. The summed E-state index contributed by atoms with van der Waals surface area (Å²) >= 11 is 0. The smallest absolute Gasteiger partial charge is 0.344 e. The van der Waals surface area contributed by atoms with E-state index in [2.05, 4.69) is 4.98 Å². The molecule has 0 fully saturated rings. The molecule has 0 spiro atoms. The van der Waals surface area contributed by atoms with Gasteiger partial charge >= 0.3 is 5.63 Å². The fourth-order valence-electron chi connectivity index (χ4n) is 2.52. The average molecular weight is 261 g/mol. The van der Waals surface area contributed by atoms with Crippen molar-refractivity contribution in [2.24, 2.45) is 0 Å². The SMILES string of the molecule is O=c1oc2cc(-c3ccccc3)[nH]c2c2ccccc12. The van der Waals surface area contributed by atoms with Crippen LogP contribution in [0.4, 0.5) is 0 Å². The summed E-state index contributed by atoms with van der Waals surface area (Å²) in [5.41, 5.74) is 3.16. The molecule has 0 amide bonds. The number of hydrogen-bond acceptors (Lipinski definition) is 2. The van der Waals surface area contributed by atoms with E-state index >= 15 is 0 Å². The van der Waals surface area contributed by atoms with Crippen molar-refractivity contribution in [1.82, 2.24) is 4.98 Å². The van der Waals surface area contributed by atoms with Gasteiger partial charge in [-0.25, -0.2) is 4.79 Å². The van der Waals surface area contributed by atoms with Gasteiger partial charge in [-0.15, -0.1) is 0 Å². The second-order valence-electron chi connectivity index (χ2n) is 4.72. The summed E-state index contributed by atoms with van der Waals surface area (Å²) in [6.07, 6.45) is 0. The summed E-state index contributed by atoms with van der Waals surface area (Å²) in [6, 6.07) is 19.3. The summed E-state index contributed by atoms with van der Waals surface area (Å²) in [5.74, 6) is 0. The molecule has 0 radical (unpaired) electrons. The van der Waals surface area contributed by atoms with Crippen molar-refractivity contribution in [3.63, 3.8) is 0 Å². The summed E-state index contributed by atoms with van der Waals surface area (Å²) in [7, 11) is 0. The van der Waals surface area contributed by atoms with Crippen LogP contribution < -0.4 is 5.63 Å². The third-order valence-electron chi connectivity index (χ3n) is 3.49. The van der Waals surface area contributed by atoms with Crippen LogP contribution in [0.5, 0.6) is 0 Å². The van der Waals surface area contributed by atoms with Gasteiger partial charge in [0.2, 0.25) is 0 Å². The molecule has 0 bridgehead atoms. The third-order valence-corrected chi connectivity index (χ3v) is 3.49. The minimum atomic E-state index is -0.299. The van der Waals surface area contributed by atoms with E-state index in [0.717, 1.165) is 22.2 Å². The van der Waals surface area contributed by atoms with Crippen LogP contribution in [0.25, 0.3) is 33.1 Å². The molecule has 3 heteroatoms. The van der Waals surface area contributed by atoms with Gasteiger partial charge in [0, 0.05) is 17.1 Å². The first-order chi connectivity index (χ1) is 9.83. The Labute approximate surface area is 114 Å². The molecular weight excluding hydrogens is 250 g/mol. The Hall–Kier alpha value is -2.81. The maximum atomic E-state index is 12.0. The van der Waals surface area contributed by atoms with Crippen molar-refractivity contribution >= 4 is 21.9 Å². The molecule has 0 aliphatic rings. The molecule has 2 aromatic carbocycles. The number of aromatic nitrogens is 1. The maximum absolute atomic E-state index is 12.0. The molecule has 0 aliphatic heterocycles. The molecule has 1 N–H and O–H groups in total. The van der Waals surface area contributed by atoms with E-state index < -0.39 is 0 Å². The van der Waals surface area contributed by atoms with E-state index in [9.17, 15) is 4.79 Å². The number of benzene rings is 2. The number of nitrogens with one attached hydrogen (secondary N) is 1. The lowest BCUT2D eigenvalue weighted by Crippen LogP contribution is -1.98. The lowest BCUT2D eigenvalue weighted by molar-refractivity contribution is 0.570. The number of aromatic amines is 1. The van der Waals surface area contributed by atoms with Gasteiger partial charge in [0.1, 0.15) is 0 Å². The van der Waals surface area contributed by atoms with E-state index in [1.807, 2.05) is 54.6 Å². The maximum Gasteiger partial charge on any atom is 0.344 e. The fraction of sp³-hybridized carbons (Fsp3) is 0. The fourth-order valence-corrected chi connectivity index (χ4v) is 2.52. The van der Waals surface area contributed by atoms with Crippen LogP contribution in [0.15, 0.2) is 69.9 Å². The van der Waals surface area contributed by atoms with E-state index in [4.69, 9.17) is 4.42 Å². The van der Waals surface area contributed by atoms with Gasteiger partial charge in [-0.05, 0) is 11.6 Å². The van der Waals surface area contributed by atoms with Crippen molar-refractivity contribution in [3.8, 4) is 11.3 Å². The zero-order chi connectivity index (χ0) is 13.5. The Balaban J connectivity index is 2.10. The number of rotatable bonds is 1. The van der Waals surface area contributed by atoms with Crippen LogP contribution in [-0.4, -0.2) is 4.98 Å². The average Bonchev–Trinajstić information content (AvgIpc) is 2.93. The van der Waals surface area contributed by atoms with Crippen LogP contribution in [0.3, 0.4) is 0 Å². The highest BCUT2D eigenvalue weighted by Gasteiger charge is 2.10. The van der Waals surface area contributed by atoms with Crippen molar-refractivity contribution in [3.05, 3.63) is 71.1 Å². The Morgan fingerprint density at radius 1 is 0.850 bits per heavy atom. The van der Waals surface area contributed by atoms with Crippen LogP contribution in [0.1, 0.15) is 0 Å². The van der Waals surface area contributed by atoms with Crippen molar-refractivity contribution in [2.45, 2.75) is 0 Å². The van der Waals surface area contributed by atoms with E-state index in [0.29, 0.717) is 11.0 Å². The normalized spacial score (nSPS) is 11.2. The first-order valence-corrected chi connectivity index (χ1v) is 6.43. The largest absolute Gasteiger partial charge is 0.421 e. The van der Waals surface area contributed by atoms with Gasteiger partial charge in [0.25, 0.3) is 0 Å². The molecule has 0 aliphatic carbocycles. The van der Waals surface area contributed by atoms with E-state index in [-0.39, 0.29) is 5.63 Å². The monoisotopic (exact) mass is 261 g/mol. The molecule has 0 saturated carbocycles.